The zero-order chi connectivity index (χ0) is 11.7. The Morgan fingerprint density at radius 2 is 2.12 bits per heavy atom. The second kappa shape index (κ2) is 4.17. The highest BCUT2D eigenvalue weighted by Crippen LogP contribution is 2.29. The number of nitrogens with zero attached hydrogens (tertiary/aromatic N) is 2. The Morgan fingerprint density at radius 3 is 2.75 bits per heavy atom. The second-order valence-corrected chi connectivity index (χ2v) is 4.10. The lowest BCUT2D eigenvalue weighted by Gasteiger charge is -2.06. The quantitative estimate of drug-likeness (QED) is 0.794. The highest BCUT2D eigenvalue weighted by molar-refractivity contribution is 9.10. The lowest BCUT2D eigenvalue weighted by atomic mass is 10.2. The van der Waals surface area contributed by atoms with Crippen molar-refractivity contribution in [2.24, 2.45) is 0 Å². The molecule has 2 aromatic rings. The standard InChI is InChI=1S/C11H9BrN2O2/c1-6(15)10-13-8-5-3-4-7(12)9(8)11(14-10)16-2/h3-5H,1-2H3. The first kappa shape index (κ1) is 11.0. The average Bonchev–Trinajstić information content (AvgIpc) is 2.27. The Hall–Kier alpha value is -1.49. The van der Waals surface area contributed by atoms with E-state index in [0.29, 0.717) is 11.4 Å². The van der Waals surface area contributed by atoms with Gasteiger partial charge in [0.1, 0.15) is 0 Å². The fourth-order valence-electron chi connectivity index (χ4n) is 1.41. The molecule has 0 saturated heterocycles. The van der Waals surface area contributed by atoms with Crippen LogP contribution in [-0.2, 0) is 0 Å². The van der Waals surface area contributed by atoms with Crippen molar-refractivity contribution in [3.63, 3.8) is 0 Å². The molecule has 1 aromatic carbocycles. The van der Waals surface area contributed by atoms with Gasteiger partial charge in [-0.15, -0.1) is 0 Å². The summed E-state index contributed by atoms with van der Waals surface area (Å²) in [5, 5.41) is 0.773. The van der Waals surface area contributed by atoms with Crippen LogP contribution in [-0.4, -0.2) is 22.9 Å². The fourth-order valence-corrected chi connectivity index (χ4v) is 1.94. The molecule has 0 amide bonds. The van der Waals surface area contributed by atoms with Gasteiger partial charge in [-0.2, -0.15) is 4.98 Å². The number of halogens is 1. The van der Waals surface area contributed by atoms with Gasteiger partial charge in [0.2, 0.25) is 5.88 Å². The highest BCUT2D eigenvalue weighted by atomic mass is 79.9. The summed E-state index contributed by atoms with van der Waals surface area (Å²) < 4.78 is 6.01. The molecule has 0 spiro atoms. The number of methoxy groups -OCH3 is 1. The molecule has 0 aliphatic carbocycles. The number of ketones is 1. The van der Waals surface area contributed by atoms with Crippen molar-refractivity contribution in [1.29, 1.82) is 0 Å². The Balaban J connectivity index is 2.84. The van der Waals surface area contributed by atoms with Gasteiger partial charge in [0.15, 0.2) is 11.6 Å². The van der Waals surface area contributed by atoms with E-state index in [4.69, 9.17) is 4.74 Å². The van der Waals surface area contributed by atoms with Crippen LogP contribution < -0.4 is 4.74 Å². The van der Waals surface area contributed by atoms with Crippen LogP contribution in [0.1, 0.15) is 17.5 Å². The van der Waals surface area contributed by atoms with E-state index >= 15 is 0 Å². The predicted molar refractivity (Wildman–Crippen MR) is 63.8 cm³/mol. The molecular weight excluding hydrogens is 272 g/mol. The lowest BCUT2D eigenvalue weighted by Crippen LogP contribution is -2.03. The van der Waals surface area contributed by atoms with Gasteiger partial charge >= 0.3 is 0 Å². The minimum atomic E-state index is -0.180. The van der Waals surface area contributed by atoms with E-state index in [1.807, 2.05) is 18.2 Å². The Morgan fingerprint density at radius 1 is 1.38 bits per heavy atom. The molecule has 4 nitrogen and oxygen atoms in total. The van der Waals surface area contributed by atoms with E-state index in [2.05, 4.69) is 25.9 Å². The van der Waals surface area contributed by atoms with E-state index < -0.39 is 0 Å². The van der Waals surface area contributed by atoms with Gasteiger partial charge < -0.3 is 4.74 Å². The van der Waals surface area contributed by atoms with E-state index in [0.717, 1.165) is 9.86 Å². The summed E-state index contributed by atoms with van der Waals surface area (Å²) in [7, 11) is 1.52. The normalized spacial score (nSPS) is 10.4. The molecular formula is C11H9BrN2O2. The number of carbonyl (C=O) groups is 1. The molecule has 0 aliphatic rings. The molecule has 2 rings (SSSR count). The summed E-state index contributed by atoms with van der Waals surface area (Å²) in [5.74, 6) is 0.394. The first-order valence-corrected chi connectivity index (χ1v) is 5.44. The summed E-state index contributed by atoms with van der Waals surface area (Å²) in [6.07, 6.45) is 0. The zero-order valence-corrected chi connectivity index (χ0v) is 10.4. The predicted octanol–water partition coefficient (Wildman–Crippen LogP) is 2.60. The topological polar surface area (TPSA) is 52.1 Å². The Bertz CT molecular complexity index is 569. The van der Waals surface area contributed by atoms with Crippen LogP contribution in [0.3, 0.4) is 0 Å². The van der Waals surface area contributed by atoms with Gasteiger partial charge in [0.25, 0.3) is 0 Å². The molecule has 16 heavy (non-hydrogen) atoms. The first-order valence-electron chi connectivity index (χ1n) is 4.64. The molecule has 0 aliphatic heterocycles. The molecule has 82 valence electrons. The Labute approximate surface area is 101 Å². The summed E-state index contributed by atoms with van der Waals surface area (Å²) in [4.78, 5) is 19.5. The smallest absolute Gasteiger partial charge is 0.226 e. The third-order valence-corrected chi connectivity index (χ3v) is 2.81. The van der Waals surface area contributed by atoms with Crippen molar-refractivity contribution < 1.29 is 9.53 Å². The minimum absolute atomic E-state index is 0.169. The van der Waals surface area contributed by atoms with Crippen molar-refractivity contribution in [1.82, 2.24) is 9.97 Å². The molecule has 0 unspecified atom stereocenters. The fraction of sp³-hybridized carbons (Fsp3) is 0.182. The number of carbonyl (C=O) groups excluding carboxylic acids is 1. The van der Waals surface area contributed by atoms with E-state index in [1.165, 1.54) is 14.0 Å². The summed E-state index contributed by atoms with van der Waals surface area (Å²) in [5.41, 5.74) is 0.687. The molecule has 5 heteroatoms. The van der Waals surface area contributed by atoms with Crippen molar-refractivity contribution >= 4 is 32.6 Å². The van der Waals surface area contributed by atoms with Crippen LogP contribution in [0.2, 0.25) is 0 Å². The van der Waals surface area contributed by atoms with Crippen LogP contribution in [0.25, 0.3) is 10.9 Å². The number of hydrogen-bond acceptors (Lipinski definition) is 4. The number of benzene rings is 1. The van der Waals surface area contributed by atoms with Crippen LogP contribution in [0, 0.1) is 0 Å². The summed E-state index contributed by atoms with van der Waals surface area (Å²) >= 11 is 3.41. The minimum Gasteiger partial charge on any atom is -0.480 e. The Kier molecular flexibility index (Phi) is 2.87. The highest BCUT2D eigenvalue weighted by Gasteiger charge is 2.12. The second-order valence-electron chi connectivity index (χ2n) is 3.25. The van der Waals surface area contributed by atoms with Gasteiger partial charge in [0.05, 0.1) is 18.0 Å². The van der Waals surface area contributed by atoms with Gasteiger partial charge in [-0.3, -0.25) is 4.79 Å². The lowest BCUT2D eigenvalue weighted by molar-refractivity contribution is 0.100. The number of rotatable bonds is 2. The third kappa shape index (κ3) is 1.78. The van der Waals surface area contributed by atoms with Crippen molar-refractivity contribution in [3.8, 4) is 5.88 Å². The molecule has 0 bridgehead atoms. The van der Waals surface area contributed by atoms with Crippen molar-refractivity contribution in [3.05, 3.63) is 28.5 Å². The van der Waals surface area contributed by atoms with Gasteiger partial charge in [-0.25, -0.2) is 4.98 Å². The van der Waals surface area contributed by atoms with E-state index in [-0.39, 0.29) is 11.6 Å². The first-order chi connectivity index (χ1) is 7.63. The van der Waals surface area contributed by atoms with Gasteiger partial charge in [0, 0.05) is 11.4 Å². The zero-order valence-electron chi connectivity index (χ0n) is 8.82. The maximum atomic E-state index is 11.2. The molecule has 0 atom stereocenters. The number of ether oxygens (including phenoxy) is 1. The number of hydrogen-bond donors (Lipinski definition) is 0. The maximum Gasteiger partial charge on any atom is 0.226 e. The van der Waals surface area contributed by atoms with Crippen LogP contribution in [0.4, 0.5) is 0 Å². The maximum absolute atomic E-state index is 11.2. The number of fused-ring (bicyclic) bond motifs is 1. The summed E-state index contributed by atoms with van der Waals surface area (Å²) in [6.45, 7) is 1.43. The van der Waals surface area contributed by atoms with Crippen LogP contribution >= 0.6 is 15.9 Å². The molecule has 0 radical (unpaired) electrons. The van der Waals surface area contributed by atoms with Crippen molar-refractivity contribution in [2.75, 3.05) is 7.11 Å². The van der Waals surface area contributed by atoms with Crippen LogP contribution in [0.5, 0.6) is 5.88 Å². The largest absolute Gasteiger partial charge is 0.480 e. The van der Waals surface area contributed by atoms with Crippen LogP contribution in [0.15, 0.2) is 22.7 Å². The molecule has 1 aromatic heterocycles. The van der Waals surface area contributed by atoms with Gasteiger partial charge in [-0.05, 0) is 28.1 Å². The molecule has 0 fully saturated rings. The number of aromatic nitrogens is 2. The monoisotopic (exact) mass is 280 g/mol. The molecule has 0 N–H and O–H groups in total. The summed E-state index contributed by atoms with van der Waals surface area (Å²) in [6, 6.07) is 5.54. The molecule has 1 heterocycles. The van der Waals surface area contributed by atoms with Gasteiger partial charge in [-0.1, -0.05) is 6.07 Å². The number of Topliss-reactive ketones (excluding diaryl/α,β-unsaturated/α-hetero) is 1. The van der Waals surface area contributed by atoms with E-state index in [1.54, 1.807) is 0 Å². The molecule has 0 saturated carbocycles. The van der Waals surface area contributed by atoms with E-state index in [9.17, 15) is 4.79 Å². The third-order valence-electron chi connectivity index (χ3n) is 2.15. The average molecular weight is 281 g/mol. The van der Waals surface area contributed by atoms with Crippen molar-refractivity contribution in [2.45, 2.75) is 6.92 Å². The SMILES string of the molecule is COc1nc(C(C)=O)nc2cccc(Br)c12.